The van der Waals surface area contributed by atoms with Gasteiger partial charge in [0.2, 0.25) is 0 Å². The molecule has 0 aliphatic heterocycles. The fourth-order valence-corrected chi connectivity index (χ4v) is 1.46. The molecule has 0 aliphatic rings. The number of nitrogens with one attached hydrogen (secondary N) is 1. The number of pyridine rings is 1. The molecule has 4 heteroatoms. The Morgan fingerprint density at radius 1 is 1.59 bits per heavy atom. The second-order valence-electron chi connectivity index (χ2n) is 3.29. The third-order valence-electron chi connectivity index (χ3n) is 2.17. The first-order chi connectivity index (χ1) is 8.13. The number of carbonyl (C=O) groups is 1. The van der Waals surface area contributed by atoms with Gasteiger partial charge in [0.05, 0.1) is 6.61 Å². The van der Waals surface area contributed by atoms with Gasteiger partial charge in [0.25, 0.3) is 0 Å². The summed E-state index contributed by atoms with van der Waals surface area (Å²) in [6.45, 7) is 7.30. The topological polar surface area (TPSA) is 59.2 Å². The lowest BCUT2D eigenvalue weighted by molar-refractivity contribution is 0.0519. The Morgan fingerprint density at radius 2 is 2.29 bits per heavy atom. The smallest absolute Gasteiger partial charge is 0.354 e. The number of hydrogen-bond acceptors (Lipinski definition) is 3. The summed E-state index contributed by atoms with van der Waals surface area (Å²) in [6, 6.07) is 1.24. The van der Waals surface area contributed by atoms with Crippen LogP contribution in [-0.2, 0) is 4.74 Å². The van der Waals surface area contributed by atoms with Crippen LogP contribution < -0.4 is 16.0 Å². The van der Waals surface area contributed by atoms with Crippen LogP contribution in [0.5, 0.6) is 0 Å². The maximum Gasteiger partial charge on any atom is 0.354 e. The normalized spacial score (nSPS) is 12.6. The minimum absolute atomic E-state index is 0.149. The largest absolute Gasteiger partial charge is 0.461 e. The van der Waals surface area contributed by atoms with E-state index in [1.54, 1.807) is 32.1 Å². The number of carbonyl (C=O) groups excluding carboxylic acids is 1. The van der Waals surface area contributed by atoms with E-state index in [9.17, 15) is 9.59 Å². The van der Waals surface area contributed by atoms with Gasteiger partial charge in [-0.15, -0.1) is 0 Å². The van der Waals surface area contributed by atoms with Crippen LogP contribution in [0.4, 0.5) is 0 Å². The monoisotopic (exact) mass is 233 g/mol. The second kappa shape index (κ2) is 5.84. The van der Waals surface area contributed by atoms with E-state index in [4.69, 9.17) is 4.74 Å². The molecule has 0 amide bonds. The average Bonchev–Trinajstić information content (AvgIpc) is 2.29. The van der Waals surface area contributed by atoms with Gasteiger partial charge in [-0.25, -0.2) is 4.79 Å². The van der Waals surface area contributed by atoms with Gasteiger partial charge < -0.3 is 9.72 Å². The number of hydrogen-bond donors (Lipinski definition) is 1. The molecule has 1 N–H and O–H groups in total. The lowest BCUT2D eigenvalue weighted by Crippen LogP contribution is -2.42. The highest BCUT2D eigenvalue weighted by atomic mass is 16.5. The predicted molar refractivity (Wildman–Crippen MR) is 67.1 cm³/mol. The van der Waals surface area contributed by atoms with E-state index in [0.29, 0.717) is 10.6 Å². The van der Waals surface area contributed by atoms with E-state index in [1.165, 1.54) is 6.07 Å². The van der Waals surface area contributed by atoms with Gasteiger partial charge in [-0.3, -0.25) is 4.79 Å². The molecule has 0 fully saturated rings. The van der Waals surface area contributed by atoms with Crippen molar-refractivity contribution in [1.82, 2.24) is 4.98 Å². The molecule has 0 spiro atoms. The summed E-state index contributed by atoms with van der Waals surface area (Å²) in [6.07, 6.45) is 4.87. The van der Waals surface area contributed by atoms with Gasteiger partial charge in [0.15, 0.2) is 5.43 Å². The van der Waals surface area contributed by atoms with Crippen molar-refractivity contribution in [1.29, 1.82) is 0 Å². The fourth-order valence-electron chi connectivity index (χ4n) is 1.46. The minimum atomic E-state index is -0.536. The first-order valence-electron chi connectivity index (χ1n) is 5.33. The maximum absolute atomic E-state index is 11.8. The van der Waals surface area contributed by atoms with Crippen molar-refractivity contribution < 1.29 is 9.53 Å². The Kier molecular flexibility index (Phi) is 4.46. The molecule has 4 nitrogen and oxygen atoms in total. The molecule has 1 aromatic rings. The van der Waals surface area contributed by atoms with E-state index in [0.717, 1.165) is 0 Å². The summed E-state index contributed by atoms with van der Waals surface area (Å²) in [5, 5.41) is 1.07. The lowest BCUT2D eigenvalue weighted by Gasteiger charge is -2.01. The van der Waals surface area contributed by atoms with Crippen LogP contribution in [0.2, 0.25) is 0 Å². The molecular weight excluding hydrogens is 218 g/mol. The molecular formula is C13H15NO3. The minimum Gasteiger partial charge on any atom is -0.461 e. The quantitative estimate of drug-likeness (QED) is 0.765. The average molecular weight is 233 g/mol. The molecule has 0 aliphatic carbocycles. The molecule has 90 valence electrons. The van der Waals surface area contributed by atoms with Crippen molar-refractivity contribution in [3.63, 3.8) is 0 Å². The summed E-state index contributed by atoms with van der Waals surface area (Å²) >= 11 is 0. The number of allylic oxidation sites excluding steroid dienone is 1. The summed E-state index contributed by atoms with van der Waals surface area (Å²) in [5.41, 5.74) is -0.0713. The number of aromatic amines is 1. The van der Waals surface area contributed by atoms with Crippen LogP contribution in [0.1, 0.15) is 24.3 Å². The molecule has 0 unspecified atom stereocenters. The molecule has 17 heavy (non-hydrogen) atoms. The summed E-state index contributed by atoms with van der Waals surface area (Å²) in [7, 11) is 0. The third-order valence-corrected chi connectivity index (χ3v) is 2.17. The van der Waals surface area contributed by atoms with E-state index < -0.39 is 5.97 Å². The zero-order valence-corrected chi connectivity index (χ0v) is 9.95. The van der Waals surface area contributed by atoms with Crippen molar-refractivity contribution in [3.05, 3.63) is 45.2 Å². The number of esters is 1. The fraction of sp³-hybridized carbons (Fsp3) is 0.231. The standard InChI is InChI=1S/C13H15NO3/c1-4-7-10-9(5-2)12(15)8-11(14-10)13(16)17-6-3/h4-5,7-8,14H,1,6H2,2-3H3. The Morgan fingerprint density at radius 3 is 2.82 bits per heavy atom. The molecule has 0 atom stereocenters. The molecule has 1 aromatic heterocycles. The van der Waals surface area contributed by atoms with Crippen molar-refractivity contribution in [2.75, 3.05) is 6.61 Å². The molecule has 0 aromatic carbocycles. The van der Waals surface area contributed by atoms with Crippen LogP contribution in [0.25, 0.3) is 12.2 Å². The number of rotatable bonds is 3. The zero-order chi connectivity index (χ0) is 12.8. The van der Waals surface area contributed by atoms with Gasteiger partial charge >= 0.3 is 5.97 Å². The highest BCUT2D eigenvalue weighted by Crippen LogP contribution is 1.90. The van der Waals surface area contributed by atoms with Gasteiger partial charge in [-0.1, -0.05) is 18.7 Å². The van der Waals surface area contributed by atoms with Crippen LogP contribution >= 0.6 is 0 Å². The van der Waals surface area contributed by atoms with Crippen molar-refractivity contribution in [3.8, 4) is 0 Å². The third kappa shape index (κ3) is 2.93. The second-order valence-corrected chi connectivity index (χ2v) is 3.29. The maximum atomic E-state index is 11.8. The number of aromatic nitrogens is 1. The van der Waals surface area contributed by atoms with Crippen molar-refractivity contribution >= 4 is 18.1 Å². The molecule has 1 rings (SSSR count). The Bertz CT molecular complexity index is 596. The lowest BCUT2D eigenvalue weighted by atomic mass is 10.2. The Hall–Kier alpha value is -2.10. The van der Waals surface area contributed by atoms with Gasteiger partial charge in [0, 0.05) is 16.6 Å². The van der Waals surface area contributed by atoms with Gasteiger partial charge in [-0.2, -0.15) is 0 Å². The van der Waals surface area contributed by atoms with Crippen LogP contribution in [0, 0.1) is 0 Å². The Balaban J connectivity index is 3.52. The molecule has 0 saturated heterocycles. The first-order valence-corrected chi connectivity index (χ1v) is 5.33. The zero-order valence-electron chi connectivity index (χ0n) is 9.95. The Labute approximate surface area is 98.9 Å². The summed E-state index contributed by atoms with van der Waals surface area (Å²) < 4.78 is 4.83. The van der Waals surface area contributed by atoms with E-state index >= 15 is 0 Å². The SMILES string of the molecule is C=CC=c1[nH]c(C(=O)OCC)cc(=O)c1=CC. The highest BCUT2D eigenvalue weighted by Gasteiger charge is 2.08. The van der Waals surface area contributed by atoms with E-state index in [2.05, 4.69) is 11.6 Å². The summed E-state index contributed by atoms with van der Waals surface area (Å²) in [4.78, 5) is 26.1. The van der Waals surface area contributed by atoms with E-state index in [-0.39, 0.29) is 17.7 Å². The van der Waals surface area contributed by atoms with Crippen molar-refractivity contribution in [2.45, 2.75) is 13.8 Å². The highest BCUT2D eigenvalue weighted by molar-refractivity contribution is 5.87. The summed E-state index contributed by atoms with van der Waals surface area (Å²) in [5.74, 6) is -0.536. The molecule has 0 saturated carbocycles. The first kappa shape index (κ1) is 13.0. The van der Waals surface area contributed by atoms with Crippen LogP contribution in [0.3, 0.4) is 0 Å². The predicted octanol–water partition coefficient (Wildman–Crippen LogP) is 0.318. The van der Waals surface area contributed by atoms with Crippen molar-refractivity contribution in [2.24, 2.45) is 0 Å². The van der Waals surface area contributed by atoms with E-state index in [1.807, 2.05) is 0 Å². The van der Waals surface area contributed by atoms with Gasteiger partial charge in [0.1, 0.15) is 5.69 Å². The number of H-pyrrole nitrogens is 1. The number of ether oxygens (including phenoxy) is 1. The molecule has 0 radical (unpaired) electrons. The molecule has 0 bridgehead atoms. The van der Waals surface area contributed by atoms with Crippen LogP contribution in [-0.4, -0.2) is 17.6 Å². The molecule has 1 heterocycles. The van der Waals surface area contributed by atoms with Gasteiger partial charge in [-0.05, 0) is 19.9 Å². The van der Waals surface area contributed by atoms with Crippen LogP contribution in [0.15, 0.2) is 23.5 Å².